The maximum absolute atomic E-state index is 11.7. The van der Waals surface area contributed by atoms with Gasteiger partial charge in [0.1, 0.15) is 0 Å². The van der Waals surface area contributed by atoms with Crippen LogP contribution in [0, 0.1) is 34.5 Å². The third kappa shape index (κ3) is 3.14. The van der Waals surface area contributed by atoms with Crippen molar-refractivity contribution in [3.8, 4) is 0 Å². The molecule has 1 heterocycles. The molecule has 34 heavy (non-hydrogen) atoms. The number of nitrogens with zero attached hydrogens (tertiary/aromatic N) is 2. The van der Waals surface area contributed by atoms with Crippen molar-refractivity contribution in [3.05, 3.63) is 41.5 Å². The summed E-state index contributed by atoms with van der Waals surface area (Å²) in [5, 5.41) is 0. The average Bonchev–Trinajstić information content (AvgIpc) is 3.31. The highest BCUT2D eigenvalue weighted by Gasteiger charge is 2.64. The first-order valence-corrected chi connectivity index (χ1v) is 14.0. The molecule has 5 aliphatic rings. The van der Waals surface area contributed by atoms with E-state index in [4.69, 9.17) is 0 Å². The van der Waals surface area contributed by atoms with Gasteiger partial charge in [-0.05, 0) is 131 Å². The second-order valence-corrected chi connectivity index (χ2v) is 13.0. The van der Waals surface area contributed by atoms with Gasteiger partial charge < -0.3 is 9.80 Å². The lowest BCUT2D eigenvalue weighted by atomic mass is 9.47. The predicted octanol–water partition coefficient (Wildman–Crippen LogP) is 6.59. The monoisotopic (exact) mass is 460 g/mol. The minimum absolute atomic E-state index is 0.145. The second-order valence-electron chi connectivity index (χ2n) is 13.0. The molecule has 3 heteroatoms. The van der Waals surface area contributed by atoms with Gasteiger partial charge in [-0.2, -0.15) is 0 Å². The van der Waals surface area contributed by atoms with Crippen molar-refractivity contribution in [2.24, 2.45) is 34.5 Å². The second kappa shape index (κ2) is 7.95. The molecule has 0 aromatic heterocycles. The minimum Gasteiger partial charge on any atom is -0.371 e. The summed E-state index contributed by atoms with van der Waals surface area (Å²) in [6, 6.07) is 9.58. The van der Waals surface area contributed by atoms with E-state index in [-0.39, 0.29) is 5.78 Å². The summed E-state index contributed by atoms with van der Waals surface area (Å²) in [4.78, 5) is 16.8. The highest BCUT2D eigenvalue weighted by molar-refractivity contribution is 5.94. The molecule has 0 N–H and O–H groups in total. The average molecular weight is 461 g/mol. The molecule has 4 fully saturated rings. The lowest BCUT2D eigenvalue weighted by molar-refractivity contribution is -0.0398. The van der Waals surface area contributed by atoms with Crippen LogP contribution in [0.1, 0.15) is 82.5 Å². The zero-order chi connectivity index (χ0) is 23.8. The fraction of sp³-hybridized carbons (Fsp3) is 0.710. The van der Waals surface area contributed by atoms with Gasteiger partial charge in [-0.15, -0.1) is 0 Å². The van der Waals surface area contributed by atoms with Crippen LogP contribution >= 0.6 is 0 Å². The first-order valence-electron chi connectivity index (χ1n) is 14.0. The van der Waals surface area contributed by atoms with E-state index in [9.17, 15) is 4.79 Å². The number of carbonyl (C=O) groups excluding carboxylic acids is 1. The summed E-state index contributed by atoms with van der Waals surface area (Å²) in [7, 11) is 4.63. The first-order chi connectivity index (χ1) is 16.2. The largest absolute Gasteiger partial charge is 0.371 e. The molecule has 0 bridgehead atoms. The Labute approximate surface area is 207 Å². The van der Waals surface area contributed by atoms with E-state index in [1.54, 1.807) is 12.5 Å². The van der Waals surface area contributed by atoms with Gasteiger partial charge in [-0.25, -0.2) is 0 Å². The lowest BCUT2D eigenvalue weighted by Gasteiger charge is -2.58. The molecule has 1 aromatic rings. The quantitative estimate of drug-likeness (QED) is 0.376. The minimum atomic E-state index is 0.145. The zero-order valence-corrected chi connectivity index (χ0v) is 22.0. The van der Waals surface area contributed by atoms with Crippen molar-refractivity contribution in [3.63, 3.8) is 0 Å². The number of benzene rings is 1. The predicted molar refractivity (Wildman–Crippen MR) is 140 cm³/mol. The van der Waals surface area contributed by atoms with Crippen LogP contribution in [0.2, 0.25) is 0 Å². The third-order valence-electron chi connectivity index (χ3n) is 11.9. The Kier molecular flexibility index (Phi) is 5.34. The Morgan fingerprint density at radius 3 is 2.50 bits per heavy atom. The van der Waals surface area contributed by atoms with Crippen LogP contribution in [-0.4, -0.2) is 43.4 Å². The van der Waals surface area contributed by atoms with Crippen LogP contribution in [0.3, 0.4) is 0 Å². The molecule has 1 spiro atoms. The van der Waals surface area contributed by atoms with Crippen LogP contribution in [0.4, 0.5) is 5.69 Å². The molecule has 0 radical (unpaired) electrons. The summed E-state index contributed by atoms with van der Waals surface area (Å²) in [6.45, 7) is 8.14. The summed E-state index contributed by atoms with van der Waals surface area (Å²) in [5.41, 5.74) is 4.85. The molecule has 8 atom stereocenters. The van der Waals surface area contributed by atoms with Gasteiger partial charge in [0, 0.05) is 36.9 Å². The van der Waals surface area contributed by atoms with Crippen LogP contribution < -0.4 is 4.90 Å². The van der Waals surface area contributed by atoms with Crippen LogP contribution in [0.5, 0.6) is 0 Å². The fourth-order valence-electron chi connectivity index (χ4n) is 9.92. The summed E-state index contributed by atoms with van der Waals surface area (Å²) >= 11 is 0. The number of Topliss-reactive ketones (excluding diaryl/α,β-unsaturated/α-hetero) is 1. The smallest absolute Gasteiger partial charge is 0.159 e. The fourth-order valence-corrected chi connectivity index (χ4v) is 9.92. The Morgan fingerprint density at radius 1 is 1.03 bits per heavy atom. The molecule has 3 nitrogen and oxygen atoms in total. The number of fused-ring (bicyclic) bond motifs is 4. The molecule has 3 saturated carbocycles. The number of anilines is 1. The van der Waals surface area contributed by atoms with E-state index in [0.29, 0.717) is 16.9 Å². The number of rotatable bonds is 3. The summed E-state index contributed by atoms with van der Waals surface area (Å²) < 4.78 is 0. The standard InChI is InChI=1S/C31H44N2O/c1-20-27-12-13-29-26-11-8-23-18-25(33(5)24-9-6-22(7-10-24)21(2)34)14-16-30(23,3)28(26)15-17-31(27,29)19-32(20)4/h6-10,20,25-29H,11-19H2,1-5H3/t20-,25-,26+,27+,28?,29-,30-,31-/m0/s1. The zero-order valence-electron chi connectivity index (χ0n) is 22.0. The highest BCUT2D eigenvalue weighted by Crippen LogP contribution is 2.68. The van der Waals surface area contributed by atoms with Crippen molar-refractivity contribution in [1.82, 2.24) is 4.90 Å². The van der Waals surface area contributed by atoms with Crippen LogP contribution in [0.25, 0.3) is 0 Å². The third-order valence-corrected chi connectivity index (χ3v) is 11.9. The normalized spacial score (nSPS) is 43.4. The molecular formula is C31H44N2O. The molecule has 1 unspecified atom stereocenters. The van der Waals surface area contributed by atoms with Gasteiger partial charge >= 0.3 is 0 Å². The molecule has 184 valence electrons. The molecule has 1 aromatic carbocycles. The SMILES string of the molecule is CC(=O)c1ccc(N(C)[C@H]2CC[C@@]3(C)C(=CC[C@@H]4C3CC[C@]35CN(C)[C@@H](C)[C@H]3CC[C@@H]45)C2)cc1. The highest BCUT2D eigenvalue weighted by atomic mass is 16.1. The van der Waals surface area contributed by atoms with Gasteiger partial charge in [0.25, 0.3) is 0 Å². The molecule has 6 rings (SSSR count). The molecule has 1 saturated heterocycles. The molecule has 1 aliphatic heterocycles. The van der Waals surface area contributed by atoms with E-state index in [0.717, 1.165) is 35.3 Å². The Balaban J connectivity index is 1.21. The van der Waals surface area contributed by atoms with Gasteiger partial charge in [-0.3, -0.25) is 4.79 Å². The molecule has 0 amide bonds. The maximum atomic E-state index is 11.7. The van der Waals surface area contributed by atoms with Gasteiger partial charge in [-0.1, -0.05) is 18.6 Å². The van der Waals surface area contributed by atoms with E-state index in [1.165, 1.54) is 63.6 Å². The van der Waals surface area contributed by atoms with Crippen molar-refractivity contribution in [1.29, 1.82) is 0 Å². The van der Waals surface area contributed by atoms with E-state index >= 15 is 0 Å². The molecule has 4 aliphatic carbocycles. The van der Waals surface area contributed by atoms with Crippen molar-refractivity contribution < 1.29 is 4.79 Å². The number of carbonyl (C=O) groups is 1. The van der Waals surface area contributed by atoms with E-state index in [2.05, 4.69) is 56.0 Å². The summed E-state index contributed by atoms with van der Waals surface area (Å²) in [5.74, 6) is 3.86. The number of hydrogen-bond acceptors (Lipinski definition) is 3. The maximum Gasteiger partial charge on any atom is 0.159 e. The van der Waals surface area contributed by atoms with E-state index < -0.39 is 0 Å². The Morgan fingerprint density at radius 2 is 1.76 bits per heavy atom. The van der Waals surface area contributed by atoms with Crippen LogP contribution in [0.15, 0.2) is 35.9 Å². The van der Waals surface area contributed by atoms with Gasteiger partial charge in [0.15, 0.2) is 5.78 Å². The number of hydrogen-bond donors (Lipinski definition) is 0. The number of ketones is 1. The topological polar surface area (TPSA) is 23.6 Å². The van der Waals surface area contributed by atoms with Crippen molar-refractivity contribution in [2.45, 2.75) is 84.2 Å². The van der Waals surface area contributed by atoms with Crippen LogP contribution in [-0.2, 0) is 0 Å². The van der Waals surface area contributed by atoms with Crippen molar-refractivity contribution >= 4 is 11.5 Å². The summed E-state index contributed by atoms with van der Waals surface area (Å²) in [6.07, 6.45) is 13.8. The van der Waals surface area contributed by atoms with E-state index in [1.807, 2.05) is 12.1 Å². The van der Waals surface area contributed by atoms with Gasteiger partial charge in [0.2, 0.25) is 0 Å². The Hall–Kier alpha value is -1.61. The Bertz CT molecular complexity index is 997. The van der Waals surface area contributed by atoms with Gasteiger partial charge in [0.05, 0.1) is 0 Å². The number of allylic oxidation sites excluding steroid dienone is 1. The number of likely N-dealkylation sites (tertiary alicyclic amines) is 1. The molecular weight excluding hydrogens is 416 g/mol. The first kappa shape index (κ1) is 22.8. The van der Waals surface area contributed by atoms with Crippen molar-refractivity contribution in [2.75, 3.05) is 25.5 Å². The lowest BCUT2D eigenvalue weighted by Crippen LogP contribution is -2.52.